The van der Waals surface area contributed by atoms with Crippen LogP contribution >= 0.6 is 15.9 Å². The molecule has 0 bridgehead atoms. The van der Waals surface area contributed by atoms with Crippen LogP contribution in [0.4, 0.5) is 20.2 Å². The molecule has 5 heteroatoms. The van der Waals surface area contributed by atoms with E-state index in [0.717, 1.165) is 0 Å². The van der Waals surface area contributed by atoms with E-state index in [1.54, 1.807) is 12.1 Å². The summed E-state index contributed by atoms with van der Waals surface area (Å²) in [5.41, 5.74) is 12.0. The van der Waals surface area contributed by atoms with Gasteiger partial charge in [0.05, 0.1) is 11.4 Å². The van der Waals surface area contributed by atoms with Gasteiger partial charge in [0.2, 0.25) is 6.43 Å². The van der Waals surface area contributed by atoms with Gasteiger partial charge in [-0.25, -0.2) is 8.78 Å². The standard InChI is InChI=1S/C8H9BrF2N2/c9-5-1-4(2-7(10)11)8(13)6(12)3-5/h1,3,7H,2,12-13H2. The van der Waals surface area contributed by atoms with Crippen LogP contribution in [-0.4, -0.2) is 6.43 Å². The van der Waals surface area contributed by atoms with E-state index in [2.05, 4.69) is 15.9 Å². The first-order chi connectivity index (χ1) is 6.00. The normalized spacial score (nSPS) is 10.8. The summed E-state index contributed by atoms with van der Waals surface area (Å²) in [6.07, 6.45) is -2.77. The number of benzene rings is 1. The molecule has 4 N–H and O–H groups in total. The molecule has 0 fully saturated rings. The zero-order valence-corrected chi connectivity index (χ0v) is 8.31. The molecule has 0 aromatic heterocycles. The molecule has 0 spiro atoms. The number of nitrogen functional groups attached to an aromatic ring is 2. The van der Waals surface area contributed by atoms with Crippen molar-refractivity contribution >= 4 is 27.3 Å². The van der Waals surface area contributed by atoms with E-state index in [1.165, 1.54) is 0 Å². The molecule has 0 atom stereocenters. The summed E-state index contributed by atoms with van der Waals surface area (Å²) >= 11 is 3.16. The highest BCUT2D eigenvalue weighted by Gasteiger charge is 2.10. The quantitative estimate of drug-likeness (QED) is 0.793. The fourth-order valence-corrected chi connectivity index (χ4v) is 1.56. The summed E-state index contributed by atoms with van der Waals surface area (Å²) < 4.78 is 24.8. The van der Waals surface area contributed by atoms with Gasteiger partial charge < -0.3 is 11.5 Å². The minimum Gasteiger partial charge on any atom is -0.397 e. The second kappa shape index (κ2) is 3.91. The van der Waals surface area contributed by atoms with Gasteiger partial charge in [-0.3, -0.25) is 0 Å². The SMILES string of the molecule is Nc1cc(Br)cc(CC(F)F)c1N. The van der Waals surface area contributed by atoms with E-state index in [0.29, 0.717) is 15.7 Å². The molecule has 0 amide bonds. The summed E-state index contributed by atoms with van der Waals surface area (Å²) in [5.74, 6) is 0. The average Bonchev–Trinajstić information content (AvgIpc) is 1.98. The summed E-state index contributed by atoms with van der Waals surface area (Å²) in [4.78, 5) is 0. The fraction of sp³-hybridized carbons (Fsp3) is 0.250. The Labute approximate surface area is 83.0 Å². The van der Waals surface area contributed by atoms with E-state index in [9.17, 15) is 8.78 Å². The Hall–Kier alpha value is -0.840. The molecule has 0 heterocycles. The van der Waals surface area contributed by atoms with Gasteiger partial charge in [0.15, 0.2) is 0 Å². The number of halogens is 3. The molecule has 13 heavy (non-hydrogen) atoms. The van der Waals surface area contributed by atoms with Crippen LogP contribution in [0.3, 0.4) is 0 Å². The monoisotopic (exact) mass is 250 g/mol. The Bertz CT molecular complexity index is 315. The van der Waals surface area contributed by atoms with E-state index in [-0.39, 0.29) is 12.1 Å². The molecular weight excluding hydrogens is 242 g/mol. The lowest BCUT2D eigenvalue weighted by Gasteiger charge is -2.08. The number of hydrogen-bond donors (Lipinski definition) is 2. The Morgan fingerprint density at radius 1 is 1.31 bits per heavy atom. The highest BCUT2D eigenvalue weighted by atomic mass is 79.9. The summed E-state index contributed by atoms with van der Waals surface area (Å²) in [6.45, 7) is 0. The molecule has 1 rings (SSSR count). The minimum atomic E-state index is -2.41. The van der Waals surface area contributed by atoms with E-state index in [1.807, 2.05) is 0 Å². The van der Waals surface area contributed by atoms with Crippen LogP contribution in [-0.2, 0) is 6.42 Å². The molecule has 0 aliphatic rings. The highest BCUT2D eigenvalue weighted by molar-refractivity contribution is 9.10. The third kappa shape index (κ3) is 2.55. The van der Waals surface area contributed by atoms with Gasteiger partial charge in [0.25, 0.3) is 0 Å². The van der Waals surface area contributed by atoms with Crippen molar-refractivity contribution in [1.82, 2.24) is 0 Å². The average molecular weight is 251 g/mol. The minimum absolute atomic E-state index is 0.239. The van der Waals surface area contributed by atoms with Gasteiger partial charge in [0.1, 0.15) is 0 Å². The third-order valence-electron chi connectivity index (χ3n) is 1.64. The van der Waals surface area contributed by atoms with Crippen molar-refractivity contribution < 1.29 is 8.78 Å². The van der Waals surface area contributed by atoms with Crippen molar-refractivity contribution in [2.75, 3.05) is 11.5 Å². The summed E-state index contributed by atoms with van der Waals surface area (Å²) in [6, 6.07) is 3.14. The molecule has 2 nitrogen and oxygen atoms in total. The van der Waals surface area contributed by atoms with Crippen LogP contribution in [0, 0.1) is 0 Å². The number of hydrogen-bond acceptors (Lipinski definition) is 2. The van der Waals surface area contributed by atoms with Crippen LogP contribution in [0.15, 0.2) is 16.6 Å². The molecule has 0 unspecified atom stereocenters. The van der Waals surface area contributed by atoms with E-state index in [4.69, 9.17) is 11.5 Å². The second-order valence-corrected chi connectivity index (χ2v) is 3.58. The maximum atomic E-state index is 12.1. The smallest absolute Gasteiger partial charge is 0.242 e. The van der Waals surface area contributed by atoms with Crippen molar-refractivity contribution in [1.29, 1.82) is 0 Å². The zero-order chi connectivity index (χ0) is 10.0. The second-order valence-electron chi connectivity index (χ2n) is 2.66. The fourth-order valence-electron chi connectivity index (χ4n) is 1.03. The third-order valence-corrected chi connectivity index (χ3v) is 2.09. The van der Waals surface area contributed by atoms with Gasteiger partial charge in [-0.05, 0) is 17.7 Å². The van der Waals surface area contributed by atoms with Crippen molar-refractivity contribution in [3.63, 3.8) is 0 Å². The van der Waals surface area contributed by atoms with E-state index < -0.39 is 6.43 Å². The summed E-state index contributed by atoms with van der Waals surface area (Å²) in [7, 11) is 0. The predicted molar refractivity (Wildman–Crippen MR) is 52.7 cm³/mol. The first-order valence-electron chi connectivity index (χ1n) is 3.62. The zero-order valence-electron chi connectivity index (χ0n) is 6.73. The molecule has 0 saturated heterocycles. The molecule has 1 aromatic rings. The number of rotatable bonds is 2. The van der Waals surface area contributed by atoms with Crippen LogP contribution in [0.1, 0.15) is 5.56 Å². The van der Waals surface area contributed by atoms with Crippen LogP contribution < -0.4 is 11.5 Å². The number of alkyl halides is 2. The lowest BCUT2D eigenvalue weighted by molar-refractivity contribution is 0.149. The van der Waals surface area contributed by atoms with E-state index >= 15 is 0 Å². The lowest BCUT2D eigenvalue weighted by Crippen LogP contribution is -2.04. The Kier molecular flexibility index (Phi) is 3.08. The Balaban J connectivity index is 3.05. The first-order valence-corrected chi connectivity index (χ1v) is 4.41. The van der Waals surface area contributed by atoms with Gasteiger partial charge in [0, 0.05) is 10.9 Å². The van der Waals surface area contributed by atoms with Crippen LogP contribution in [0.5, 0.6) is 0 Å². The lowest BCUT2D eigenvalue weighted by atomic mass is 10.1. The van der Waals surface area contributed by atoms with Crippen molar-refractivity contribution in [2.24, 2.45) is 0 Å². The molecule has 72 valence electrons. The number of nitrogens with two attached hydrogens (primary N) is 2. The molecule has 0 aliphatic heterocycles. The van der Waals surface area contributed by atoms with Gasteiger partial charge in [-0.2, -0.15) is 0 Å². The van der Waals surface area contributed by atoms with Crippen molar-refractivity contribution in [2.45, 2.75) is 12.8 Å². The van der Waals surface area contributed by atoms with Gasteiger partial charge in [-0.15, -0.1) is 0 Å². The first kappa shape index (κ1) is 10.2. The summed E-state index contributed by atoms with van der Waals surface area (Å²) in [5, 5.41) is 0. The molecular formula is C8H9BrF2N2. The predicted octanol–water partition coefficient (Wildman–Crippen LogP) is 2.42. The Morgan fingerprint density at radius 3 is 2.46 bits per heavy atom. The Morgan fingerprint density at radius 2 is 1.92 bits per heavy atom. The van der Waals surface area contributed by atoms with Crippen LogP contribution in [0.2, 0.25) is 0 Å². The maximum absolute atomic E-state index is 12.1. The van der Waals surface area contributed by atoms with Crippen molar-refractivity contribution in [3.8, 4) is 0 Å². The highest BCUT2D eigenvalue weighted by Crippen LogP contribution is 2.27. The molecule has 0 radical (unpaired) electrons. The van der Waals surface area contributed by atoms with Gasteiger partial charge in [-0.1, -0.05) is 15.9 Å². The van der Waals surface area contributed by atoms with Crippen molar-refractivity contribution in [3.05, 3.63) is 22.2 Å². The molecule has 0 aliphatic carbocycles. The number of anilines is 2. The topological polar surface area (TPSA) is 52.0 Å². The van der Waals surface area contributed by atoms with Crippen LogP contribution in [0.25, 0.3) is 0 Å². The molecule has 1 aromatic carbocycles. The molecule has 0 saturated carbocycles. The largest absolute Gasteiger partial charge is 0.397 e. The maximum Gasteiger partial charge on any atom is 0.242 e. The van der Waals surface area contributed by atoms with Gasteiger partial charge >= 0.3 is 0 Å².